The van der Waals surface area contributed by atoms with E-state index >= 15 is 0 Å². The van der Waals surface area contributed by atoms with Crippen molar-refractivity contribution in [1.29, 1.82) is 0 Å². The molecule has 4 nitrogen and oxygen atoms in total. The number of nitrogens with one attached hydrogen (secondary N) is 1. The Morgan fingerprint density at radius 3 is 3.00 bits per heavy atom. The van der Waals surface area contributed by atoms with Crippen LogP contribution in [-0.2, 0) is 11.2 Å². The molecular formula is C17H21N3OS2. The summed E-state index contributed by atoms with van der Waals surface area (Å²) >= 11 is 3.69. The van der Waals surface area contributed by atoms with Gasteiger partial charge in [-0.1, -0.05) is 41.7 Å². The average Bonchev–Trinajstić information content (AvgIpc) is 3.19. The normalized spacial score (nSPS) is 27.4. The zero-order valence-electron chi connectivity index (χ0n) is 13.0. The lowest BCUT2D eigenvalue weighted by molar-refractivity contribution is -0.0628. The van der Waals surface area contributed by atoms with Crippen LogP contribution < -0.4 is 5.32 Å². The summed E-state index contributed by atoms with van der Waals surface area (Å²) in [5.41, 5.74) is 1.39. The maximum absolute atomic E-state index is 6.09. The first kappa shape index (κ1) is 15.4. The van der Waals surface area contributed by atoms with Gasteiger partial charge in [0.2, 0.25) is 5.13 Å². The molecule has 0 radical (unpaired) electrons. The summed E-state index contributed by atoms with van der Waals surface area (Å²) < 4.78 is 6.09. The molecule has 3 heterocycles. The largest absolute Gasteiger partial charge is 0.374 e. The fraction of sp³-hybridized carbons (Fsp3) is 0.529. The number of aromatic nitrogens is 2. The summed E-state index contributed by atoms with van der Waals surface area (Å²) in [7, 11) is 0. The average molecular weight is 348 g/mol. The van der Waals surface area contributed by atoms with Crippen LogP contribution in [0.1, 0.15) is 29.8 Å². The Morgan fingerprint density at radius 1 is 1.26 bits per heavy atom. The third-order valence-corrected chi connectivity index (χ3v) is 6.63. The third-order valence-electron chi connectivity index (χ3n) is 4.55. The van der Waals surface area contributed by atoms with E-state index in [1.807, 2.05) is 17.8 Å². The molecule has 2 aliphatic heterocycles. The Labute approximate surface area is 145 Å². The molecule has 4 rings (SSSR count). The van der Waals surface area contributed by atoms with Crippen molar-refractivity contribution in [2.75, 3.05) is 23.4 Å². The fourth-order valence-corrected chi connectivity index (χ4v) is 5.57. The Hall–Kier alpha value is -1.11. The highest BCUT2D eigenvalue weighted by atomic mass is 32.2. The Morgan fingerprint density at radius 2 is 2.17 bits per heavy atom. The Balaban J connectivity index is 1.37. The molecular weight excluding hydrogens is 326 g/mol. The molecule has 6 heteroatoms. The summed E-state index contributed by atoms with van der Waals surface area (Å²) in [4.78, 5) is 0. The van der Waals surface area contributed by atoms with Crippen LogP contribution in [0.3, 0.4) is 0 Å². The minimum Gasteiger partial charge on any atom is -0.374 e. The van der Waals surface area contributed by atoms with Gasteiger partial charge in [0.05, 0.1) is 5.60 Å². The van der Waals surface area contributed by atoms with E-state index < -0.39 is 0 Å². The standard InChI is InChI=1S/C17H21N3OS2/c1-2-4-13(5-3-1)10-15-19-20-16(23-15)18-14-6-8-21-17(11-14)7-9-22-12-17/h1-5,14H,6-12H2,(H,18,20). The van der Waals surface area contributed by atoms with Crippen LogP contribution in [0, 0.1) is 0 Å². The van der Waals surface area contributed by atoms with Crippen molar-refractivity contribution < 1.29 is 4.74 Å². The molecule has 0 bridgehead atoms. The molecule has 1 aromatic carbocycles. The van der Waals surface area contributed by atoms with Gasteiger partial charge in [-0.3, -0.25) is 0 Å². The molecule has 1 spiro atoms. The highest BCUT2D eigenvalue weighted by molar-refractivity contribution is 7.99. The van der Waals surface area contributed by atoms with E-state index in [-0.39, 0.29) is 5.60 Å². The van der Waals surface area contributed by atoms with Gasteiger partial charge in [-0.15, -0.1) is 10.2 Å². The number of ether oxygens (including phenoxy) is 1. The van der Waals surface area contributed by atoms with Gasteiger partial charge in [0, 0.05) is 24.8 Å². The maximum atomic E-state index is 6.09. The van der Waals surface area contributed by atoms with Crippen LogP contribution >= 0.6 is 23.1 Å². The van der Waals surface area contributed by atoms with Crippen LogP contribution in [-0.4, -0.2) is 40.0 Å². The molecule has 2 aromatic rings. The summed E-state index contributed by atoms with van der Waals surface area (Å²) in [6, 6.07) is 10.9. The molecule has 0 saturated carbocycles. The monoisotopic (exact) mass is 347 g/mol. The number of thioether (sulfide) groups is 1. The van der Waals surface area contributed by atoms with Crippen LogP contribution in [0.25, 0.3) is 0 Å². The van der Waals surface area contributed by atoms with Crippen molar-refractivity contribution in [2.24, 2.45) is 0 Å². The van der Waals surface area contributed by atoms with E-state index in [0.29, 0.717) is 6.04 Å². The summed E-state index contributed by atoms with van der Waals surface area (Å²) in [6.45, 7) is 0.855. The summed E-state index contributed by atoms with van der Waals surface area (Å²) in [6.07, 6.45) is 4.19. The van der Waals surface area contributed by atoms with E-state index in [1.54, 1.807) is 11.3 Å². The first-order valence-corrected chi connectivity index (χ1v) is 10.1. The predicted octanol–water partition coefficient (Wildman–Crippen LogP) is 3.60. The van der Waals surface area contributed by atoms with E-state index in [9.17, 15) is 0 Å². The lowest BCUT2D eigenvalue weighted by atomic mass is 9.90. The number of benzene rings is 1. The fourth-order valence-electron chi connectivity index (χ4n) is 3.34. The number of hydrogen-bond acceptors (Lipinski definition) is 6. The maximum Gasteiger partial charge on any atom is 0.205 e. The van der Waals surface area contributed by atoms with E-state index in [1.165, 1.54) is 17.7 Å². The van der Waals surface area contributed by atoms with Gasteiger partial charge >= 0.3 is 0 Å². The number of hydrogen-bond donors (Lipinski definition) is 1. The van der Waals surface area contributed by atoms with Crippen molar-refractivity contribution in [3.8, 4) is 0 Å². The Bertz CT molecular complexity index is 640. The molecule has 1 N–H and O–H groups in total. The van der Waals surface area contributed by atoms with Crippen molar-refractivity contribution >= 4 is 28.2 Å². The van der Waals surface area contributed by atoms with Crippen molar-refractivity contribution in [3.05, 3.63) is 40.9 Å². The van der Waals surface area contributed by atoms with Gasteiger partial charge in [0.15, 0.2) is 0 Å². The molecule has 122 valence electrons. The second-order valence-electron chi connectivity index (χ2n) is 6.33. The summed E-state index contributed by atoms with van der Waals surface area (Å²) in [5, 5.41) is 14.3. The van der Waals surface area contributed by atoms with Gasteiger partial charge < -0.3 is 10.1 Å². The van der Waals surface area contributed by atoms with Crippen molar-refractivity contribution in [3.63, 3.8) is 0 Å². The Kier molecular flexibility index (Phi) is 4.55. The zero-order valence-corrected chi connectivity index (χ0v) is 14.7. The SMILES string of the molecule is c1ccc(Cc2nnc(NC3CCOC4(CCSC4)C3)s2)cc1. The number of nitrogens with zero attached hydrogens (tertiary/aromatic N) is 2. The quantitative estimate of drug-likeness (QED) is 0.916. The number of anilines is 1. The van der Waals surface area contributed by atoms with Crippen LogP contribution in [0.15, 0.2) is 30.3 Å². The first-order valence-electron chi connectivity index (χ1n) is 8.16. The highest BCUT2D eigenvalue weighted by Crippen LogP contribution is 2.39. The lowest BCUT2D eigenvalue weighted by Gasteiger charge is -2.37. The predicted molar refractivity (Wildman–Crippen MR) is 96.4 cm³/mol. The van der Waals surface area contributed by atoms with E-state index in [2.05, 4.69) is 39.8 Å². The second kappa shape index (κ2) is 6.79. The minimum absolute atomic E-state index is 0.109. The van der Waals surface area contributed by atoms with Gasteiger partial charge in [-0.05, 0) is 30.6 Å². The smallest absolute Gasteiger partial charge is 0.205 e. The molecule has 0 aliphatic carbocycles. The highest BCUT2D eigenvalue weighted by Gasteiger charge is 2.40. The molecule has 2 unspecified atom stereocenters. The van der Waals surface area contributed by atoms with E-state index in [4.69, 9.17) is 4.74 Å². The third kappa shape index (κ3) is 3.70. The second-order valence-corrected chi connectivity index (χ2v) is 8.50. The first-order chi connectivity index (χ1) is 11.3. The topological polar surface area (TPSA) is 47.0 Å². The van der Waals surface area contributed by atoms with Crippen molar-refractivity contribution in [1.82, 2.24) is 10.2 Å². The van der Waals surface area contributed by atoms with Crippen LogP contribution in [0.2, 0.25) is 0 Å². The lowest BCUT2D eigenvalue weighted by Crippen LogP contribution is -2.44. The summed E-state index contributed by atoms with van der Waals surface area (Å²) in [5.74, 6) is 2.37. The molecule has 23 heavy (non-hydrogen) atoms. The number of rotatable bonds is 4. The molecule has 2 fully saturated rings. The molecule has 2 atom stereocenters. The molecule has 2 aliphatic rings. The minimum atomic E-state index is 0.109. The van der Waals surface area contributed by atoms with Gasteiger partial charge in [-0.2, -0.15) is 11.8 Å². The van der Waals surface area contributed by atoms with E-state index in [0.717, 1.165) is 41.8 Å². The van der Waals surface area contributed by atoms with Gasteiger partial charge in [0.1, 0.15) is 5.01 Å². The molecule has 2 saturated heterocycles. The zero-order chi connectivity index (χ0) is 15.5. The van der Waals surface area contributed by atoms with Crippen LogP contribution in [0.4, 0.5) is 5.13 Å². The van der Waals surface area contributed by atoms with Crippen molar-refractivity contribution in [2.45, 2.75) is 37.3 Å². The molecule has 0 amide bonds. The van der Waals surface area contributed by atoms with Gasteiger partial charge in [-0.25, -0.2) is 0 Å². The van der Waals surface area contributed by atoms with Crippen LogP contribution in [0.5, 0.6) is 0 Å². The molecule has 1 aromatic heterocycles. The van der Waals surface area contributed by atoms with Gasteiger partial charge in [0.25, 0.3) is 0 Å².